The minimum atomic E-state index is -0.194. The van der Waals surface area contributed by atoms with Crippen molar-refractivity contribution in [1.82, 2.24) is 25.4 Å². The molecular formula is C11H19N5O2. The van der Waals surface area contributed by atoms with Crippen molar-refractivity contribution in [2.45, 2.75) is 32.5 Å². The minimum absolute atomic E-state index is 0.0818. The van der Waals surface area contributed by atoms with Gasteiger partial charge in [0.1, 0.15) is 12.9 Å². The summed E-state index contributed by atoms with van der Waals surface area (Å²) in [5, 5.41) is 13.6. The van der Waals surface area contributed by atoms with Crippen LogP contribution in [0, 0.1) is 0 Å². The average molecular weight is 253 g/mol. The van der Waals surface area contributed by atoms with Crippen molar-refractivity contribution in [1.29, 1.82) is 0 Å². The summed E-state index contributed by atoms with van der Waals surface area (Å²) in [5.41, 5.74) is -0.194. The van der Waals surface area contributed by atoms with Crippen molar-refractivity contribution in [2.75, 3.05) is 19.7 Å². The second kappa shape index (κ2) is 5.45. The van der Waals surface area contributed by atoms with E-state index in [0.717, 1.165) is 25.5 Å². The third-order valence-electron chi connectivity index (χ3n) is 3.03. The van der Waals surface area contributed by atoms with Crippen LogP contribution in [0.4, 0.5) is 0 Å². The summed E-state index contributed by atoms with van der Waals surface area (Å²) in [6.07, 6.45) is 1.65. The molecule has 1 aromatic rings. The fourth-order valence-corrected chi connectivity index (χ4v) is 1.73. The van der Waals surface area contributed by atoms with Crippen molar-refractivity contribution in [3.8, 4) is 0 Å². The molecule has 2 heterocycles. The molecule has 1 aliphatic heterocycles. The highest BCUT2D eigenvalue weighted by molar-refractivity contribution is 5.77. The van der Waals surface area contributed by atoms with Gasteiger partial charge in [-0.15, -0.1) is 10.2 Å². The SMILES string of the molecule is CCn1cnnc1CNC(=O)COC1(C)CNC1. The topological polar surface area (TPSA) is 81.1 Å². The summed E-state index contributed by atoms with van der Waals surface area (Å²) in [4.78, 5) is 11.6. The van der Waals surface area contributed by atoms with E-state index in [-0.39, 0.29) is 18.1 Å². The van der Waals surface area contributed by atoms with Gasteiger partial charge in [0.05, 0.1) is 12.1 Å². The summed E-state index contributed by atoms with van der Waals surface area (Å²) in [7, 11) is 0. The van der Waals surface area contributed by atoms with E-state index in [1.165, 1.54) is 0 Å². The molecule has 2 N–H and O–H groups in total. The van der Waals surface area contributed by atoms with Gasteiger partial charge in [-0.25, -0.2) is 0 Å². The molecule has 7 heteroatoms. The van der Waals surface area contributed by atoms with Crippen LogP contribution in [0.3, 0.4) is 0 Å². The zero-order valence-electron chi connectivity index (χ0n) is 10.8. The molecule has 0 spiro atoms. The number of aromatic nitrogens is 3. The van der Waals surface area contributed by atoms with Gasteiger partial charge in [-0.1, -0.05) is 0 Å². The largest absolute Gasteiger partial charge is 0.363 e. The van der Waals surface area contributed by atoms with Crippen LogP contribution in [0.15, 0.2) is 6.33 Å². The monoisotopic (exact) mass is 253 g/mol. The first-order valence-electron chi connectivity index (χ1n) is 6.11. The highest BCUT2D eigenvalue weighted by Crippen LogP contribution is 2.14. The predicted octanol–water partition coefficient (Wildman–Crippen LogP) is -0.707. The number of nitrogens with zero attached hydrogens (tertiary/aromatic N) is 3. The fraction of sp³-hybridized carbons (Fsp3) is 0.727. The Bertz CT molecular complexity index is 413. The van der Waals surface area contributed by atoms with Crippen LogP contribution in [0.25, 0.3) is 0 Å². The van der Waals surface area contributed by atoms with Crippen LogP contribution in [0.5, 0.6) is 0 Å². The van der Waals surface area contributed by atoms with E-state index in [2.05, 4.69) is 20.8 Å². The van der Waals surface area contributed by atoms with Crippen LogP contribution in [-0.2, 0) is 22.6 Å². The Labute approximate surface area is 106 Å². The third-order valence-corrected chi connectivity index (χ3v) is 3.03. The van der Waals surface area contributed by atoms with Crippen LogP contribution in [0.1, 0.15) is 19.7 Å². The van der Waals surface area contributed by atoms with Gasteiger partial charge >= 0.3 is 0 Å². The molecule has 0 aromatic carbocycles. The van der Waals surface area contributed by atoms with Gasteiger partial charge in [0, 0.05) is 19.6 Å². The molecule has 7 nitrogen and oxygen atoms in total. The number of amides is 1. The Kier molecular flexibility index (Phi) is 3.93. The first-order valence-corrected chi connectivity index (χ1v) is 6.11. The number of aryl methyl sites for hydroxylation is 1. The molecule has 0 bridgehead atoms. The first kappa shape index (κ1) is 13.0. The van der Waals surface area contributed by atoms with E-state index in [0.29, 0.717) is 6.54 Å². The normalized spacial score (nSPS) is 17.2. The molecule has 1 aromatic heterocycles. The number of hydrogen-bond donors (Lipinski definition) is 2. The van der Waals surface area contributed by atoms with Gasteiger partial charge < -0.3 is 19.9 Å². The Balaban J connectivity index is 1.71. The molecule has 1 aliphatic rings. The molecule has 0 radical (unpaired) electrons. The van der Waals surface area contributed by atoms with Gasteiger partial charge in [-0.2, -0.15) is 0 Å². The van der Waals surface area contributed by atoms with E-state index in [1.807, 2.05) is 18.4 Å². The van der Waals surface area contributed by atoms with Gasteiger partial charge in [0.25, 0.3) is 0 Å². The lowest BCUT2D eigenvalue weighted by Gasteiger charge is -2.38. The Morgan fingerprint density at radius 1 is 1.67 bits per heavy atom. The van der Waals surface area contributed by atoms with Crippen molar-refractivity contribution < 1.29 is 9.53 Å². The second-order valence-electron chi connectivity index (χ2n) is 4.65. The molecule has 0 aliphatic carbocycles. The molecule has 0 saturated carbocycles. The maximum absolute atomic E-state index is 11.6. The molecule has 2 rings (SSSR count). The highest BCUT2D eigenvalue weighted by atomic mass is 16.5. The number of carbonyl (C=O) groups is 1. The smallest absolute Gasteiger partial charge is 0.246 e. The summed E-state index contributed by atoms with van der Waals surface area (Å²) in [6, 6.07) is 0. The summed E-state index contributed by atoms with van der Waals surface area (Å²) in [5.74, 6) is 0.621. The summed E-state index contributed by atoms with van der Waals surface area (Å²) < 4.78 is 7.42. The Morgan fingerprint density at radius 2 is 2.44 bits per heavy atom. The van der Waals surface area contributed by atoms with Gasteiger partial charge in [0.15, 0.2) is 5.82 Å². The van der Waals surface area contributed by atoms with Crippen molar-refractivity contribution in [2.24, 2.45) is 0 Å². The van der Waals surface area contributed by atoms with E-state index in [4.69, 9.17) is 4.74 Å². The van der Waals surface area contributed by atoms with E-state index < -0.39 is 0 Å². The molecule has 100 valence electrons. The molecule has 18 heavy (non-hydrogen) atoms. The fourth-order valence-electron chi connectivity index (χ4n) is 1.73. The zero-order chi connectivity index (χ0) is 13.0. The summed E-state index contributed by atoms with van der Waals surface area (Å²) >= 11 is 0. The number of nitrogens with one attached hydrogen (secondary N) is 2. The maximum Gasteiger partial charge on any atom is 0.246 e. The molecule has 1 saturated heterocycles. The van der Waals surface area contributed by atoms with Crippen molar-refractivity contribution >= 4 is 5.91 Å². The molecule has 0 atom stereocenters. The first-order chi connectivity index (χ1) is 8.63. The Hall–Kier alpha value is -1.47. The average Bonchev–Trinajstić information content (AvgIpc) is 2.78. The van der Waals surface area contributed by atoms with Crippen LogP contribution >= 0.6 is 0 Å². The molecular weight excluding hydrogens is 234 g/mol. The van der Waals surface area contributed by atoms with Crippen molar-refractivity contribution in [3.63, 3.8) is 0 Å². The number of rotatable bonds is 6. The Morgan fingerprint density at radius 3 is 3.06 bits per heavy atom. The van der Waals surface area contributed by atoms with Gasteiger partial charge in [-0.05, 0) is 13.8 Å². The molecule has 1 fully saturated rings. The van der Waals surface area contributed by atoms with Crippen LogP contribution in [0.2, 0.25) is 0 Å². The zero-order valence-corrected chi connectivity index (χ0v) is 10.8. The second-order valence-corrected chi connectivity index (χ2v) is 4.65. The van der Waals surface area contributed by atoms with Crippen molar-refractivity contribution in [3.05, 3.63) is 12.2 Å². The lowest BCUT2D eigenvalue weighted by molar-refractivity contribution is -0.136. The van der Waals surface area contributed by atoms with E-state index >= 15 is 0 Å². The maximum atomic E-state index is 11.6. The standard InChI is InChI=1S/C11H19N5O2/c1-3-16-8-14-15-9(16)4-13-10(17)5-18-11(2)6-12-7-11/h8,12H,3-7H2,1-2H3,(H,13,17). The molecule has 0 unspecified atom stereocenters. The minimum Gasteiger partial charge on any atom is -0.363 e. The lowest BCUT2D eigenvalue weighted by atomic mass is 10.0. The number of carbonyl (C=O) groups excluding carboxylic acids is 1. The highest BCUT2D eigenvalue weighted by Gasteiger charge is 2.32. The quantitative estimate of drug-likeness (QED) is 0.700. The van der Waals surface area contributed by atoms with Crippen LogP contribution in [-0.4, -0.2) is 46.0 Å². The predicted molar refractivity (Wildman–Crippen MR) is 64.8 cm³/mol. The number of ether oxygens (including phenoxy) is 1. The van der Waals surface area contributed by atoms with Gasteiger partial charge in [0.2, 0.25) is 5.91 Å². The van der Waals surface area contributed by atoms with E-state index in [1.54, 1.807) is 6.33 Å². The van der Waals surface area contributed by atoms with Crippen LogP contribution < -0.4 is 10.6 Å². The third kappa shape index (κ3) is 3.05. The lowest BCUT2D eigenvalue weighted by Crippen LogP contribution is -2.59. The number of hydrogen-bond acceptors (Lipinski definition) is 5. The molecule has 1 amide bonds. The summed E-state index contributed by atoms with van der Waals surface area (Å²) in [6.45, 7) is 6.84. The van der Waals surface area contributed by atoms with Gasteiger partial charge in [-0.3, -0.25) is 4.79 Å². The van der Waals surface area contributed by atoms with E-state index in [9.17, 15) is 4.79 Å².